The van der Waals surface area contributed by atoms with Gasteiger partial charge in [-0.1, -0.05) is 0 Å². The summed E-state index contributed by atoms with van der Waals surface area (Å²) in [6.45, 7) is 0.148. The number of carbonyl (C=O) groups is 1. The highest BCUT2D eigenvalue weighted by Gasteiger charge is 2.31. The second-order valence-electron chi connectivity index (χ2n) is 4.36. The molecule has 0 atom stereocenters. The summed E-state index contributed by atoms with van der Waals surface area (Å²) in [5.74, 6) is 0.155. The molecule has 2 aromatic rings. The van der Waals surface area contributed by atoms with Crippen molar-refractivity contribution in [3.8, 4) is 5.75 Å². The molecule has 0 saturated carbocycles. The summed E-state index contributed by atoms with van der Waals surface area (Å²) in [6, 6.07) is 2.94. The van der Waals surface area contributed by atoms with Crippen molar-refractivity contribution in [1.82, 2.24) is 20.1 Å². The van der Waals surface area contributed by atoms with Crippen LogP contribution in [0.3, 0.4) is 0 Å². The molecule has 11 heteroatoms. The van der Waals surface area contributed by atoms with E-state index in [2.05, 4.69) is 41.5 Å². The third kappa shape index (κ3) is 5.13. The zero-order valence-corrected chi connectivity index (χ0v) is 13.3. The number of nitrogens with one attached hydrogen (secondary N) is 2. The second kappa shape index (κ2) is 6.86. The van der Waals surface area contributed by atoms with Crippen LogP contribution in [0.5, 0.6) is 5.75 Å². The summed E-state index contributed by atoms with van der Waals surface area (Å²) >= 11 is 3.07. The van der Waals surface area contributed by atoms with E-state index in [1.165, 1.54) is 12.4 Å². The Morgan fingerprint density at radius 2 is 2.17 bits per heavy atom. The first-order chi connectivity index (χ1) is 10.7. The van der Waals surface area contributed by atoms with Crippen LogP contribution in [0.15, 0.2) is 29.0 Å². The third-order valence-electron chi connectivity index (χ3n) is 2.63. The fraction of sp³-hybridized carbons (Fsp3) is 0.250. The molecule has 0 radical (unpaired) electrons. The molecule has 0 unspecified atom stereocenters. The van der Waals surface area contributed by atoms with Crippen molar-refractivity contribution in [2.75, 3.05) is 5.32 Å². The number of carbonyl (C=O) groups excluding carboxylic acids is 1. The topological polar surface area (TPSA) is 81.1 Å². The van der Waals surface area contributed by atoms with Gasteiger partial charge in [-0.25, -0.2) is 4.79 Å². The van der Waals surface area contributed by atoms with Gasteiger partial charge >= 0.3 is 12.4 Å². The number of alkyl halides is 3. The fourth-order valence-corrected chi connectivity index (χ4v) is 2.04. The number of halogens is 4. The minimum absolute atomic E-state index is 0.148. The molecule has 0 aliphatic carbocycles. The molecular weight excluding hydrogens is 383 g/mol. The van der Waals surface area contributed by atoms with E-state index >= 15 is 0 Å². The van der Waals surface area contributed by atoms with Gasteiger partial charge in [-0.15, -0.1) is 23.4 Å². The molecule has 1 aromatic carbocycles. The first kappa shape index (κ1) is 17.1. The Kier molecular flexibility index (Phi) is 5.08. The van der Waals surface area contributed by atoms with Gasteiger partial charge in [-0.2, -0.15) is 0 Å². The maximum atomic E-state index is 12.1. The minimum Gasteiger partial charge on any atom is -0.406 e. The van der Waals surface area contributed by atoms with Crippen molar-refractivity contribution in [2.24, 2.45) is 7.05 Å². The first-order valence-electron chi connectivity index (χ1n) is 6.17. The van der Waals surface area contributed by atoms with E-state index in [0.29, 0.717) is 5.82 Å². The summed E-state index contributed by atoms with van der Waals surface area (Å²) < 4.78 is 42.0. The lowest BCUT2D eigenvalue weighted by Gasteiger charge is -2.12. The Labute approximate surface area is 137 Å². The summed E-state index contributed by atoms with van der Waals surface area (Å²) in [5.41, 5.74) is 0.287. The number of hydrogen-bond donors (Lipinski definition) is 2. The molecule has 0 fully saturated rings. The quantitative estimate of drug-likeness (QED) is 0.836. The second-order valence-corrected chi connectivity index (χ2v) is 5.21. The van der Waals surface area contributed by atoms with Crippen LogP contribution >= 0.6 is 15.9 Å². The maximum Gasteiger partial charge on any atom is 0.573 e. The van der Waals surface area contributed by atoms with Crippen LogP contribution < -0.4 is 15.4 Å². The molecule has 23 heavy (non-hydrogen) atoms. The van der Waals surface area contributed by atoms with Crippen molar-refractivity contribution < 1.29 is 22.7 Å². The smallest absolute Gasteiger partial charge is 0.406 e. The third-order valence-corrected chi connectivity index (χ3v) is 3.29. The Balaban J connectivity index is 1.94. The molecule has 124 valence electrons. The van der Waals surface area contributed by atoms with Crippen molar-refractivity contribution in [1.29, 1.82) is 0 Å². The van der Waals surface area contributed by atoms with Gasteiger partial charge in [0.05, 0.1) is 12.2 Å². The van der Waals surface area contributed by atoms with Crippen molar-refractivity contribution >= 4 is 27.6 Å². The predicted octanol–water partition coefficient (Wildman–Crippen LogP) is 2.80. The summed E-state index contributed by atoms with van der Waals surface area (Å²) in [6.07, 6.45) is -3.28. The summed E-state index contributed by atoms with van der Waals surface area (Å²) in [7, 11) is 1.73. The van der Waals surface area contributed by atoms with E-state index in [1.807, 2.05) is 0 Å². The van der Waals surface area contributed by atoms with Crippen LogP contribution in [0.25, 0.3) is 0 Å². The van der Waals surface area contributed by atoms with Gasteiger partial charge < -0.3 is 19.9 Å². The Hall–Kier alpha value is -2.30. The van der Waals surface area contributed by atoms with Crippen LogP contribution in [-0.4, -0.2) is 27.2 Å². The van der Waals surface area contributed by atoms with Crippen LogP contribution in [0, 0.1) is 0 Å². The number of anilines is 1. The summed E-state index contributed by atoms with van der Waals surface area (Å²) in [4.78, 5) is 11.8. The van der Waals surface area contributed by atoms with E-state index in [4.69, 9.17) is 0 Å². The van der Waals surface area contributed by atoms with Crippen LogP contribution in [-0.2, 0) is 13.6 Å². The normalized spacial score (nSPS) is 11.2. The number of urea groups is 1. The van der Waals surface area contributed by atoms with E-state index in [9.17, 15) is 18.0 Å². The molecule has 2 amide bonds. The number of hydrogen-bond acceptors (Lipinski definition) is 4. The van der Waals surface area contributed by atoms with Crippen molar-refractivity contribution in [2.45, 2.75) is 12.9 Å². The molecule has 1 heterocycles. The van der Waals surface area contributed by atoms with E-state index < -0.39 is 18.1 Å². The lowest BCUT2D eigenvalue weighted by atomic mass is 10.3. The SMILES string of the molecule is Cn1cnnc1CNC(=O)Nc1ccc(OC(F)(F)F)cc1Br. The number of amides is 2. The average Bonchev–Trinajstić information content (AvgIpc) is 2.83. The number of nitrogens with zero attached hydrogens (tertiary/aromatic N) is 3. The molecule has 1 aromatic heterocycles. The molecule has 0 spiro atoms. The molecule has 2 rings (SSSR count). The lowest BCUT2D eigenvalue weighted by Crippen LogP contribution is -2.29. The minimum atomic E-state index is -4.78. The van der Waals surface area contributed by atoms with Crippen LogP contribution in [0.4, 0.5) is 23.7 Å². The zero-order valence-electron chi connectivity index (χ0n) is 11.7. The summed E-state index contributed by atoms with van der Waals surface area (Å²) in [5, 5.41) is 12.5. The molecule has 0 saturated heterocycles. The molecule has 0 bridgehead atoms. The van der Waals surface area contributed by atoms with Crippen molar-refractivity contribution in [3.63, 3.8) is 0 Å². The monoisotopic (exact) mass is 393 g/mol. The Bertz CT molecular complexity index is 704. The number of rotatable bonds is 4. The highest BCUT2D eigenvalue weighted by Crippen LogP contribution is 2.30. The zero-order chi connectivity index (χ0) is 17.0. The molecule has 0 aliphatic rings. The van der Waals surface area contributed by atoms with Crippen LogP contribution in [0.1, 0.15) is 5.82 Å². The van der Waals surface area contributed by atoms with Gasteiger partial charge in [0.1, 0.15) is 12.1 Å². The number of aryl methyl sites for hydroxylation is 1. The van der Waals surface area contributed by atoms with Gasteiger partial charge in [-0.3, -0.25) is 0 Å². The van der Waals surface area contributed by atoms with Gasteiger partial charge in [0.25, 0.3) is 0 Å². The molecular formula is C12H11BrF3N5O2. The van der Waals surface area contributed by atoms with E-state index in [1.54, 1.807) is 11.6 Å². The van der Waals surface area contributed by atoms with E-state index in [0.717, 1.165) is 12.1 Å². The van der Waals surface area contributed by atoms with Crippen LogP contribution in [0.2, 0.25) is 0 Å². The standard InChI is InChI=1S/C12H11BrF3N5O2/c1-21-6-18-20-10(21)5-17-11(22)19-9-3-2-7(4-8(9)13)23-12(14,15)16/h2-4,6H,5H2,1H3,(H2,17,19,22). The molecule has 0 aliphatic heterocycles. The van der Waals surface area contributed by atoms with Gasteiger partial charge in [-0.05, 0) is 34.1 Å². The molecule has 7 nitrogen and oxygen atoms in total. The number of ether oxygens (including phenoxy) is 1. The highest BCUT2D eigenvalue weighted by molar-refractivity contribution is 9.10. The first-order valence-corrected chi connectivity index (χ1v) is 6.97. The lowest BCUT2D eigenvalue weighted by molar-refractivity contribution is -0.274. The molecule has 2 N–H and O–H groups in total. The fourth-order valence-electron chi connectivity index (χ4n) is 1.59. The maximum absolute atomic E-state index is 12.1. The highest BCUT2D eigenvalue weighted by atomic mass is 79.9. The predicted molar refractivity (Wildman–Crippen MR) is 77.7 cm³/mol. The van der Waals surface area contributed by atoms with Gasteiger partial charge in [0.15, 0.2) is 5.82 Å². The number of aromatic nitrogens is 3. The van der Waals surface area contributed by atoms with E-state index in [-0.39, 0.29) is 16.7 Å². The van der Waals surface area contributed by atoms with Gasteiger partial charge in [0.2, 0.25) is 0 Å². The average molecular weight is 394 g/mol. The number of benzene rings is 1. The van der Waals surface area contributed by atoms with Gasteiger partial charge in [0, 0.05) is 11.5 Å². The Morgan fingerprint density at radius 3 is 2.74 bits per heavy atom. The van der Waals surface area contributed by atoms with Crippen molar-refractivity contribution in [3.05, 3.63) is 34.8 Å². The largest absolute Gasteiger partial charge is 0.573 e. The Morgan fingerprint density at radius 1 is 1.43 bits per heavy atom.